The Bertz CT molecular complexity index is 708. The van der Waals surface area contributed by atoms with Gasteiger partial charge in [0, 0.05) is 12.4 Å². The summed E-state index contributed by atoms with van der Waals surface area (Å²) in [5.74, 6) is 1.60. The number of imidazole rings is 1. The first-order valence-electron chi connectivity index (χ1n) is 5.43. The van der Waals surface area contributed by atoms with E-state index in [-0.39, 0.29) is 0 Å². The molecule has 0 bridgehead atoms. The van der Waals surface area contributed by atoms with E-state index < -0.39 is 0 Å². The summed E-state index contributed by atoms with van der Waals surface area (Å²) in [6, 6.07) is 9.67. The fourth-order valence-electron chi connectivity index (χ4n) is 1.91. The zero-order valence-corrected chi connectivity index (χ0v) is 11.3. The van der Waals surface area contributed by atoms with Gasteiger partial charge in [0.1, 0.15) is 5.75 Å². The molecule has 4 nitrogen and oxygen atoms in total. The van der Waals surface area contributed by atoms with Gasteiger partial charge in [-0.25, -0.2) is 9.97 Å². The Hall–Kier alpha value is -1.88. The molecular formula is C13H10BrN3O. The molecular weight excluding hydrogens is 294 g/mol. The van der Waals surface area contributed by atoms with Gasteiger partial charge in [-0.3, -0.25) is 4.40 Å². The van der Waals surface area contributed by atoms with Crippen LogP contribution in [0.5, 0.6) is 5.75 Å². The highest BCUT2D eigenvalue weighted by Crippen LogP contribution is 2.31. The Morgan fingerprint density at radius 2 is 2.06 bits per heavy atom. The van der Waals surface area contributed by atoms with Gasteiger partial charge in [0.05, 0.1) is 12.7 Å². The van der Waals surface area contributed by atoms with Crippen molar-refractivity contribution in [2.24, 2.45) is 0 Å². The highest BCUT2D eigenvalue weighted by atomic mass is 79.9. The Morgan fingerprint density at radius 3 is 2.89 bits per heavy atom. The minimum Gasteiger partial charge on any atom is -0.496 e. The van der Waals surface area contributed by atoms with Crippen molar-refractivity contribution in [2.45, 2.75) is 0 Å². The van der Waals surface area contributed by atoms with Crippen LogP contribution in [0.2, 0.25) is 0 Å². The summed E-state index contributed by atoms with van der Waals surface area (Å²) < 4.78 is 8.03. The van der Waals surface area contributed by atoms with E-state index in [2.05, 4.69) is 25.9 Å². The van der Waals surface area contributed by atoms with Crippen molar-refractivity contribution in [2.75, 3.05) is 7.11 Å². The summed E-state index contributed by atoms with van der Waals surface area (Å²) >= 11 is 3.43. The third-order valence-electron chi connectivity index (χ3n) is 2.71. The smallest absolute Gasteiger partial charge is 0.171 e. The third-order valence-corrected chi connectivity index (χ3v) is 3.24. The molecule has 0 spiro atoms. The second-order valence-electron chi connectivity index (χ2n) is 3.74. The van der Waals surface area contributed by atoms with Crippen LogP contribution in [0.3, 0.4) is 0 Å². The van der Waals surface area contributed by atoms with Crippen molar-refractivity contribution >= 4 is 21.6 Å². The molecule has 0 aliphatic rings. The van der Waals surface area contributed by atoms with E-state index in [1.807, 2.05) is 40.9 Å². The second kappa shape index (κ2) is 4.42. The summed E-state index contributed by atoms with van der Waals surface area (Å²) in [6.45, 7) is 0. The van der Waals surface area contributed by atoms with Crippen molar-refractivity contribution in [1.29, 1.82) is 0 Å². The van der Waals surface area contributed by atoms with Crippen LogP contribution in [-0.2, 0) is 0 Å². The lowest BCUT2D eigenvalue weighted by Gasteiger charge is -2.06. The Morgan fingerprint density at radius 1 is 1.22 bits per heavy atom. The first-order valence-corrected chi connectivity index (χ1v) is 6.22. The topological polar surface area (TPSA) is 39.4 Å². The lowest BCUT2D eigenvalue weighted by Crippen LogP contribution is -1.93. The molecule has 1 aromatic carbocycles. The lowest BCUT2D eigenvalue weighted by atomic mass is 10.2. The number of hydrogen-bond acceptors (Lipinski definition) is 3. The van der Waals surface area contributed by atoms with Crippen LogP contribution in [0.1, 0.15) is 0 Å². The standard InChI is InChI=1S/C13H10BrN3O/c1-18-10-6-3-2-5-9(10)12-16-11(14)13-15-7-4-8-17(12)13/h2-8H,1H3. The first-order chi connectivity index (χ1) is 8.81. The number of nitrogens with zero attached hydrogens (tertiary/aromatic N) is 3. The monoisotopic (exact) mass is 303 g/mol. The minimum absolute atomic E-state index is 0.726. The fraction of sp³-hybridized carbons (Fsp3) is 0.0769. The van der Waals surface area contributed by atoms with Crippen LogP contribution in [0, 0.1) is 0 Å². The van der Waals surface area contributed by atoms with Crippen LogP contribution < -0.4 is 4.74 Å². The van der Waals surface area contributed by atoms with Gasteiger partial charge in [-0.2, -0.15) is 0 Å². The number of ether oxygens (including phenoxy) is 1. The SMILES string of the molecule is COc1ccccc1-c1nc(Br)c2ncccn12. The van der Waals surface area contributed by atoms with E-state index in [1.165, 1.54) is 0 Å². The quantitative estimate of drug-likeness (QED) is 0.730. The molecule has 3 aromatic rings. The highest BCUT2D eigenvalue weighted by Gasteiger charge is 2.14. The maximum atomic E-state index is 5.37. The molecule has 0 aliphatic heterocycles. The molecule has 0 amide bonds. The van der Waals surface area contributed by atoms with Crippen LogP contribution >= 0.6 is 15.9 Å². The van der Waals surface area contributed by atoms with E-state index in [0.717, 1.165) is 27.4 Å². The van der Waals surface area contributed by atoms with Crippen LogP contribution in [0.4, 0.5) is 0 Å². The average Bonchev–Trinajstić information content (AvgIpc) is 2.77. The van der Waals surface area contributed by atoms with Crippen molar-refractivity contribution in [1.82, 2.24) is 14.4 Å². The van der Waals surface area contributed by atoms with E-state index in [9.17, 15) is 0 Å². The van der Waals surface area contributed by atoms with E-state index in [0.29, 0.717) is 0 Å². The molecule has 0 unspecified atom stereocenters. The van der Waals surface area contributed by atoms with Crippen molar-refractivity contribution in [3.05, 3.63) is 47.3 Å². The first kappa shape index (κ1) is 11.2. The largest absolute Gasteiger partial charge is 0.496 e. The summed E-state index contributed by atoms with van der Waals surface area (Å²) in [5, 5.41) is 0. The number of hydrogen-bond donors (Lipinski definition) is 0. The van der Waals surface area contributed by atoms with Gasteiger partial charge >= 0.3 is 0 Å². The molecule has 0 radical (unpaired) electrons. The molecule has 0 fully saturated rings. The molecule has 3 rings (SSSR count). The average molecular weight is 304 g/mol. The van der Waals surface area contributed by atoms with Crippen molar-refractivity contribution < 1.29 is 4.74 Å². The number of benzene rings is 1. The van der Waals surface area contributed by atoms with Gasteiger partial charge in [0.25, 0.3) is 0 Å². The maximum absolute atomic E-state index is 5.37. The van der Waals surface area contributed by atoms with Gasteiger partial charge < -0.3 is 4.74 Å². The van der Waals surface area contributed by atoms with Gasteiger partial charge in [0.2, 0.25) is 0 Å². The summed E-state index contributed by atoms with van der Waals surface area (Å²) in [6.07, 6.45) is 3.68. The molecule has 5 heteroatoms. The second-order valence-corrected chi connectivity index (χ2v) is 4.49. The number of halogens is 1. The third kappa shape index (κ3) is 1.67. The van der Waals surface area contributed by atoms with Gasteiger partial charge in [-0.1, -0.05) is 12.1 Å². The van der Waals surface area contributed by atoms with E-state index in [4.69, 9.17) is 4.74 Å². The number of methoxy groups -OCH3 is 1. The molecule has 0 saturated carbocycles. The predicted octanol–water partition coefficient (Wildman–Crippen LogP) is 3.17. The van der Waals surface area contributed by atoms with Gasteiger partial charge in [0.15, 0.2) is 16.1 Å². The molecule has 18 heavy (non-hydrogen) atoms. The predicted molar refractivity (Wildman–Crippen MR) is 72.7 cm³/mol. The molecule has 0 aliphatic carbocycles. The maximum Gasteiger partial charge on any atom is 0.171 e. The van der Waals surface area contributed by atoms with E-state index in [1.54, 1.807) is 13.3 Å². The lowest BCUT2D eigenvalue weighted by molar-refractivity contribution is 0.416. The molecule has 0 atom stereocenters. The molecule has 2 aromatic heterocycles. The Labute approximate surface area is 112 Å². The highest BCUT2D eigenvalue weighted by molar-refractivity contribution is 9.10. The van der Waals surface area contributed by atoms with Crippen molar-refractivity contribution in [3.8, 4) is 17.1 Å². The van der Waals surface area contributed by atoms with Crippen LogP contribution in [0.25, 0.3) is 17.0 Å². The molecule has 90 valence electrons. The van der Waals surface area contributed by atoms with Crippen LogP contribution in [0.15, 0.2) is 47.3 Å². The number of aromatic nitrogens is 3. The Balaban J connectivity index is 2.32. The van der Waals surface area contributed by atoms with E-state index >= 15 is 0 Å². The zero-order chi connectivity index (χ0) is 12.5. The number of para-hydroxylation sites is 1. The summed E-state index contributed by atoms with van der Waals surface area (Å²) in [7, 11) is 1.65. The summed E-state index contributed by atoms with van der Waals surface area (Å²) in [4.78, 5) is 8.80. The normalized spacial score (nSPS) is 10.8. The minimum atomic E-state index is 0.726. The fourth-order valence-corrected chi connectivity index (χ4v) is 2.37. The van der Waals surface area contributed by atoms with Crippen LogP contribution in [-0.4, -0.2) is 21.5 Å². The molecule has 2 heterocycles. The Kier molecular flexibility index (Phi) is 2.76. The number of fused-ring (bicyclic) bond motifs is 1. The summed E-state index contributed by atoms with van der Waals surface area (Å²) in [5.41, 5.74) is 1.73. The van der Waals surface area contributed by atoms with Gasteiger partial charge in [-0.15, -0.1) is 0 Å². The molecule has 0 saturated heterocycles. The number of rotatable bonds is 2. The van der Waals surface area contributed by atoms with Crippen molar-refractivity contribution in [3.63, 3.8) is 0 Å². The molecule has 0 N–H and O–H groups in total. The van der Waals surface area contributed by atoms with Gasteiger partial charge in [-0.05, 0) is 34.1 Å². The zero-order valence-electron chi connectivity index (χ0n) is 9.67.